The Kier molecular flexibility index (Phi) is 5.74. The van der Waals surface area contributed by atoms with Crippen molar-refractivity contribution in [1.82, 2.24) is 14.8 Å². The van der Waals surface area contributed by atoms with Crippen molar-refractivity contribution in [3.05, 3.63) is 88.0 Å². The Bertz CT molecular complexity index is 1130. The van der Waals surface area contributed by atoms with Crippen molar-refractivity contribution in [2.24, 2.45) is 0 Å². The first kappa shape index (κ1) is 19.4. The predicted molar refractivity (Wildman–Crippen MR) is 117 cm³/mol. The molecule has 1 amide bonds. The molecule has 4 rings (SSSR count). The van der Waals surface area contributed by atoms with Crippen molar-refractivity contribution in [2.45, 2.75) is 19.9 Å². The van der Waals surface area contributed by atoms with Gasteiger partial charge >= 0.3 is 0 Å². The molecule has 0 aliphatic heterocycles. The number of nitrogens with one attached hydrogen (secondary N) is 1. The van der Waals surface area contributed by atoms with Crippen LogP contribution in [0.25, 0.3) is 10.6 Å². The summed E-state index contributed by atoms with van der Waals surface area (Å²) in [6.07, 6.45) is 1.87. The van der Waals surface area contributed by atoms with Gasteiger partial charge in [-0.15, -0.1) is 11.3 Å². The second-order valence-corrected chi connectivity index (χ2v) is 7.97. The van der Waals surface area contributed by atoms with Gasteiger partial charge in [0.05, 0.1) is 24.9 Å². The SMILES string of the molecule is Cc1ccc(-c2nc(CC(=O)Nc3ccnn3Cc3ccccc3Cl)cs2)cc1. The van der Waals surface area contributed by atoms with Crippen LogP contribution in [-0.4, -0.2) is 20.7 Å². The molecule has 2 heterocycles. The standard InChI is InChI=1S/C22H19ClN4OS/c1-15-6-8-16(9-7-15)22-25-18(14-29-22)12-21(28)26-20-10-11-24-27(20)13-17-4-2-3-5-19(17)23/h2-11,14H,12-13H2,1H3,(H,26,28). The Labute approximate surface area is 178 Å². The summed E-state index contributed by atoms with van der Waals surface area (Å²) >= 11 is 7.77. The topological polar surface area (TPSA) is 59.8 Å². The van der Waals surface area contributed by atoms with Gasteiger partial charge in [0, 0.05) is 22.0 Å². The molecular formula is C22H19ClN4OS. The molecule has 0 bridgehead atoms. The molecule has 0 atom stereocenters. The fourth-order valence-corrected chi connectivity index (χ4v) is 3.94. The van der Waals surface area contributed by atoms with Crippen LogP contribution in [0.3, 0.4) is 0 Å². The van der Waals surface area contributed by atoms with E-state index in [-0.39, 0.29) is 12.3 Å². The quantitative estimate of drug-likeness (QED) is 0.464. The number of aryl methyl sites for hydroxylation is 1. The van der Waals surface area contributed by atoms with Crippen LogP contribution in [0, 0.1) is 6.92 Å². The maximum absolute atomic E-state index is 12.5. The minimum Gasteiger partial charge on any atom is -0.311 e. The summed E-state index contributed by atoms with van der Waals surface area (Å²) in [6, 6.07) is 17.6. The van der Waals surface area contributed by atoms with Crippen LogP contribution < -0.4 is 5.32 Å². The summed E-state index contributed by atoms with van der Waals surface area (Å²) in [5.74, 6) is 0.496. The number of hydrogen-bond acceptors (Lipinski definition) is 4. The first-order valence-corrected chi connectivity index (χ1v) is 10.4. The van der Waals surface area contributed by atoms with Crippen LogP contribution in [0.1, 0.15) is 16.8 Å². The maximum atomic E-state index is 12.5. The summed E-state index contributed by atoms with van der Waals surface area (Å²) in [5, 5.41) is 10.7. The van der Waals surface area contributed by atoms with Crippen LogP contribution >= 0.6 is 22.9 Å². The highest BCUT2D eigenvalue weighted by Gasteiger charge is 2.12. The number of carbonyl (C=O) groups excluding carboxylic acids is 1. The molecule has 0 spiro atoms. The summed E-state index contributed by atoms with van der Waals surface area (Å²) in [4.78, 5) is 17.1. The van der Waals surface area contributed by atoms with Gasteiger partial charge in [-0.1, -0.05) is 59.6 Å². The van der Waals surface area contributed by atoms with Gasteiger partial charge in [-0.3, -0.25) is 4.79 Å². The van der Waals surface area contributed by atoms with Gasteiger partial charge in [0.25, 0.3) is 0 Å². The molecule has 29 heavy (non-hydrogen) atoms. The average molecular weight is 423 g/mol. The molecule has 1 N–H and O–H groups in total. The number of rotatable bonds is 6. The van der Waals surface area contributed by atoms with Gasteiger partial charge in [0.1, 0.15) is 10.8 Å². The van der Waals surface area contributed by atoms with E-state index < -0.39 is 0 Å². The molecular weight excluding hydrogens is 404 g/mol. The molecule has 0 fully saturated rings. The minimum atomic E-state index is -0.133. The van der Waals surface area contributed by atoms with Crippen LogP contribution in [0.2, 0.25) is 5.02 Å². The van der Waals surface area contributed by atoms with E-state index in [0.29, 0.717) is 17.4 Å². The van der Waals surface area contributed by atoms with E-state index in [2.05, 4.69) is 34.5 Å². The minimum absolute atomic E-state index is 0.133. The van der Waals surface area contributed by atoms with Crippen molar-refractivity contribution in [1.29, 1.82) is 0 Å². The molecule has 0 aliphatic carbocycles. The van der Waals surface area contributed by atoms with Gasteiger partial charge in [0.15, 0.2) is 0 Å². The van der Waals surface area contributed by atoms with Gasteiger partial charge < -0.3 is 5.32 Å². The molecule has 0 radical (unpaired) electrons. The second kappa shape index (κ2) is 8.59. The Balaban J connectivity index is 1.42. The van der Waals surface area contributed by atoms with Crippen molar-refractivity contribution in [3.8, 4) is 10.6 Å². The predicted octanol–water partition coefficient (Wildman–Crippen LogP) is 5.20. The lowest BCUT2D eigenvalue weighted by molar-refractivity contribution is -0.115. The van der Waals surface area contributed by atoms with Crippen molar-refractivity contribution >= 4 is 34.7 Å². The molecule has 0 saturated carbocycles. The Morgan fingerprint density at radius 3 is 2.72 bits per heavy atom. The molecule has 2 aromatic carbocycles. The summed E-state index contributed by atoms with van der Waals surface area (Å²) < 4.78 is 1.72. The van der Waals surface area contributed by atoms with Crippen molar-refractivity contribution < 1.29 is 4.79 Å². The molecule has 5 nitrogen and oxygen atoms in total. The third-order valence-electron chi connectivity index (χ3n) is 4.45. The first-order chi connectivity index (χ1) is 14.1. The molecule has 0 aliphatic rings. The number of anilines is 1. The van der Waals surface area contributed by atoms with E-state index in [9.17, 15) is 4.79 Å². The van der Waals surface area contributed by atoms with Crippen molar-refractivity contribution in [2.75, 3.05) is 5.32 Å². The lowest BCUT2D eigenvalue weighted by atomic mass is 10.2. The van der Waals surface area contributed by atoms with Crippen LogP contribution in [0.15, 0.2) is 66.2 Å². The molecule has 0 saturated heterocycles. The molecule has 0 unspecified atom stereocenters. The van der Waals surface area contributed by atoms with Crippen LogP contribution in [0.4, 0.5) is 5.82 Å². The fourth-order valence-electron chi connectivity index (χ4n) is 2.92. The van der Waals surface area contributed by atoms with Gasteiger partial charge in [-0.25, -0.2) is 9.67 Å². The number of benzene rings is 2. The maximum Gasteiger partial charge on any atom is 0.231 e. The summed E-state index contributed by atoms with van der Waals surface area (Å²) in [6.45, 7) is 2.54. The highest BCUT2D eigenvalue weighted by molar-refractivity contribution is 7.13. The van der Waals surface area contributed by atoms with E-state index in [1.54, 1.807) is 28.3 Å². The highest BCUT2D eigenvalue weighted by Crippen LogP contribution is 2.24. The van der Waals surface area contributed by atoms with E-state index in [1.165, 1.54) is 5.56 Å². The van der Waals surface area contributed by atoms with E-state index in [4.69, 9.17) is 11.6 Å². The van der Waals surface area contributed by atoms with Gasteiger partial charge in [-0.2, -0.15) is 5.10 Å². The number of hydrogen-bond donors (Lipinski definition) is 1. The van der Waals surface area contributed by atoms with Crippen LogP contribution in [0.5, 0.6) is 0 Å². The summed E-state index contributed by atoms with van der Waals surface area (Å²) in [5.41, 5.74) is 3.96. The zero-order chi connectivity index (χ0) is 20.2. The number of aromatic nitrogens is 3. The Morgan fingerprint density at radius 2 is 1.93 bits per heavy atom. The Morgan fingerprint density at radius 1 is 1.14 bits per heavy atom. The number of thiazole rings is 1. The van der Waals surface area contributed by atoms with Gasteiger partial charge in [0.2, 0.25) is 5.91 Å². The normalized spacial score (nSPS) is 10.8. The van der Waals surface area contributed by atoms with Crippen molar-refractivity contribution in [3.63, 3.8) is 0 Å². The average Bonchev–Trinajstić information content (AvgIpc) is 3.34. The molecule has 7 heteroatoms. The lowest BCUT2D eigenvalue weighted by Crippen LogP contribution is -2.18. The number of carbonyl (C=O) groups is 1. The third kappa shape index (κ3) is 4.72. The van der Waals surface area contributed by atoms with E-state index in [0.717, 1.165) is 21.8 Å². The zero-order valence-electron chi connectivity index (χ0n) is 15.8. The fraction of sp³-hybridized carbons (Fsp3) is 0.136. The van der Waals surface area contributed by atoms with Crippen LogP contribution in [-0.2, 0) is 17.8 Å². The largest absolute Gasteiger partial charge is 0.311 e. The number of nitrogens with zero attached hydrogens (tertiary/aromatic N) is 3. The summed E-state index contributed by atoms with van der Waals surface area (Å²) in [7, 11) is 0. The monoisotopic (exact) mass is 422 g/mol. The third-order valence-corrected chi connectivity index (χ3v) is 5.76. The first-order valence-electron chi connectivity index (χ1n) is 9.15. The number of amides is 1. The lowest BCUT2D eigenvalue weighted by Gasteiger charge is -2.09. The van der Waals surface area contributed by atoms with E-state index >= 15 is 0 Å². The smallest absolute Gasteiger partial charge is 0.231 e. The second-order valence-electron chi connectivity index (χ2n) is 6.70. The highest BCUT2D eigenvalue weighted by atomic mass is 35.5. The van der Waals surface area contributed by atoms with E-state index in [1.807, 2.05) is 41.8 Å². The number of halogens is 1. The molecule has 2 aromatic heterocycles. The van der Waals surface area contributed by atoms with Gasteiger partial charge in [-0.05, 0) is 18.6 Å². The molecule has 146 valence electrons. The molecule has 4 aromatic rings. The Hall–Kier alpha value is -2.96. The zero-order valence-corrected chi connectivity index (χ0v) is 17.4.